The molecule has 0 bridgehead atoms. The largest absolute Gasteiger partial charge is 0.461 e. The Morgan fingerprint density at radius 2 is 1.25 bits per heavy atom. The Hall–Kier alpha value is -2.69. The number of hydrogen-bond acceptors (Lipinski definition) is 3. The summed E-state index contributed by atoms with van der Waals surface area (Å²) in [5.41, 5.74) is 0.508. The highest BCUT2D eigenvalue weighted by Crippen LogP contribution is 2.48. The first kappa shape index (κ1) is 22.5. The van der Waals surface area contributed by atoms with Crippen molar-refractivity contribution in [2.45, 2.75) is 38.7 Å². The molecule has 0 saturated heterocycles. The second-order valence-electron chi connectivity index (χ2n) is 9.89. The molecule has 0 aliphatic heterocycles. The third-order valence-electron chi connectivity index (χ3n) is 6.49. The molecule has 1 aliphatic rings. The van der Waals surface area contributed by atoms with E-state index in [1.807, 2.05) is 18.2 Å². The minimum Gasteiger partial charge on any atom is -0.461 e. The lowest BCUT2D eigenvalue weighted by atomic mass is 10.1. The molecule has 3 nitrogen and oxygen atoms in total. The van der Waals surface area contributed by atoms with Crippen LogP contribution in [0.15, 0.2) is 91.0 Å². The lowest BCUT2D eigenvalue weighted by Gasteiger charge is -2.43. The van der Waals surface area contributed by atoms with Crippen LogP contribution in [0.4, 0.5) is 0 Å². The van der Waals surface area contributed by atoms with Crippen LogP contribution in [0.1, 0.15) is 44.0 Å². The number of rotatable bonds is 8. The standard InChI is InChI=1S/C28H32O3Si/c1-27(2,3)32(24-15-9-5-10-16-24,25-17-11-6-12-18-25)31-22-28(19-20-28)21-30-26(29)23-13-7-4-8-14-23/h4-18H,19-22H2,1-3H3. The van der Waals surface area contributed by atoms with E-state index in [0.29, 0.717) is 18.8 Å². The molecule has 0 atom stereocenters. The van der Waals surface area contributed by atoms with Crippen molar-refractivity contribution in [3.63, 3.8) is 0 Å². The lowest BCUT2D eigenvalue weighted by molar-refractivity contribution is 0.0360. The highest BCUT2D eigenvalue weighted by Gasteiger charge is 2.53. The topological polar surface area (TPSA) is 35.5 Å². The summed E-state index contributed by atoms with van der Waals surface area (Å²) < 4.78 is 12.8. The van der Waals surface area contributed by atoms with Gasteiger partial charge in [-0.25, -0.2) is 4.79 Å². The van der Waals surface area contributed by atoms with Crippen molar-refractivity contribution in [2.75, 3.05) is 13.2 Å². The summed E-state index contributed by atoms with van der Waals surface area (Å²) in [4.78, 5) is 12.5. The monoisotopic (exact) mass is 444 g/mol. The third kappa shape index (κ3) is 4.57. The Balaban J connectivity index is 1.58. The Morgan fingerprint density at radius 1 is 0.781 bits per heavy atom. The maximum atomic E-state index is 12.5. The summed E-state index contributed by atoms with van der Waals surface area (Å²) in [5.74, 6) is -0.262. The van der Waals surface area contributed by atoms with Gasteiger partial charge < -0.3 is 9.16 Å². The zero-order chi connectivity index (χ0) is 22.7. The number of carbonyl (C=O) groups excluding carboxylic acids is 1. The first-order chi connectivity index (χ1) is 15.4. The van der Waals surface area contributed by atoms with Crippen LogP contribution in [0, 0.1) is 5.41 Å². The van der Waals surface area contributed by atoms with E-state index in [0.717, 1.165) is 12.8 Å². The fourth-order valence-corrected chi connectivity index (χ4v) is 9.08. The Morgan fingerprint density at radius 3 is 1.69 bits per heavy atom. The van der Waals surface area contributed by atoms with Crippen molar-refractivity contribution in [1.29, 1.82) is 0 Å². The molecule has 0 aromatic heterocycles. The van der Waals surface area contributed by atoms with Crippen molar-refractivity contribution in [2.24, 2.45) is 5.41 Å². The fraction of sp³-hybridized carbons (Fsp3) is 0.321. The number of ether oxygens (including phenoxy) is 1. The average Bonchev–Trinajstić information content (AvgIpc) is 3.59. The van der Waals surface area contributed by atoms with Gasteiger partial charge in [-0.15, -0.1) is 0 Å². The van der Waals surface area contributed by atoms with Crippen molar-refractivity contribution < 1.29 is 14.0 Å². The molecular formula is C28H32O3Si. The number of carbonyl (C=O) groups is 1. The van der Waals surface area contributed by atoms with E-state index >= 15 is 0 Å². The van der Waals surface area contributed by atoms with Gasteiger partial charge in [0.25, 0.3) is 8.32 Å². The molecule has 0 spiro atoms. The van der Waals surface area contributed by atoms with E-state index in [-0.39, 0.29) is 16.4 Å². The lowest BCUT2D eigenvalue weighted by Crippen LogP contribution is -2.67. The van der Waals surface area contributed by atoms with Gasteiger partial charge in [0.05, 0.1) is 12.2 Å². The molecule has 4 rings (SSSR count). The van der Waals surface area contributed by atoms with Crippen LogP contribution < -0.4 is 10.4 Å². The normalized spacial score (nSPS) is 15.2. The van der Waals surface area contributed by atoms with Crippen LogP contribution in [-0.4, -0.2) is 27.5 Å². The van der Waals surface area contributed by atoms with Crippen molar-refractivity contribution >= 4 is 24.7 Å². The number of esters is 1. The van der Waals surface area contributed by atoms with E-state index in [1.54, 1.807) is 12.1 Å². The van der Waals surface area contributed by atoms with E-state index in [2.05, 4.69) is 81.4 Å². The summed E-state index contributed by atoms with van der Waals surface area (Å²) >= 11 is 0. The first-order valence-electron chi connectivity index (χ1n) is 11.3. The average molecular weight is 445 g/mol. The summed E-state index contributed by atoms with van der Waals surface area (Å²) in [7, 11) is -2.58. The van der Waals surface area contributed by atoms with Crippen molar-refractivity contribution in [1.82, 2.24) is 0 Å². The molecule has 166 valence electrons. The summed E-state index contributed by atoms with van der Waals surface area (Å²) in [6, 6.07) is 30.5. The van der Waals surface area contributed by atoms with Crippen molar-refractivity contribution in [3.05, 3.63) is 96.6 Å². The molecule has 0 unspecified atom stereocenters. The van der Waals surface area contributed by atoms with Gasteiger partial charge in [0.2, 0.25) is 0 Å². The Labute approximate surface area is 192 Å². The minimum atomic E-state index is -2.58. The van der Waals surface area contributed by atoms with E-state index < -0.39 is 8.32 Å². The minimum absolute atomic E-state index is 0.0630. The molecule has 0 radical (unpaired) electrons. The molecular weight excluding hydrogens is 412 g/mol. The van der Waals surface area contributed by atoms with Crippen LogP contribution in [0.5, 0.6) is 0 Å². The highest BCUT2D eigenvalue weighted by molar-refractivity contribution is 6.99. The van der Waals surface area contributed by atoms with Crippen LogP contribution in [0.3, 0.4) is 0 Å². The molecule has 1 aliphatic carbocycles. The first-order valence-corrected chi connectivity index (χ1v) is 13.2. The molecule has 1 fully saturated rings. The molecule has 1 saturated carbocycles. The molecule has 3 aromatic carbocycles. The Bertz CT molecular complexity index is 983. The van der Waals surface area contributed by atoms with Gasteiger partial charge in [-0.2, -0.15) is 0 Å². The van der Waals surface area contributed by atoms with Crippen LogP contribution in [-0.2, 0) is 9.16 Å². The van der Waals surface area contributed by atoms with E-state index in [1.165, 1.54) is 10.4 Å². The van der Waals surface area contributed by atoms with Gasteiger partial charge in [-0.3, -0.25) is 0 Å². The molecule has 0 amide bonds. The summed E-state index contributed by atoms with van der Waals surface area (Å²) in [5, 5.41) is 2.48. The van der Waals surface area contributed by atoms with Gasteiger partial charge in [-0.05, 0) is 40.4 Å². The van der Waals surface area contributed by atoms with Crippen LogP contribution in [0.25, 0.3) is 0 Å². The van der Waals surface area contributed by atoms with Crippen molar-refractivity contribution in [3.8, 4) is 0 Å². The maximum Gasteiger partial charge on any atom is 0.338 e. The zero-order valence-electron chi connectivity index (χ0n) is 19.2. The second kappa shape index (κ2) is 9.05. The molecule has 0 N–H and O–H groups in total. The smallest absolute Gasteiger partial charge is 0.338 e. The van der Waals surface area contributed by atoms with Gasteiger partial charge in [-0.1, -0.05) is 99.6 Å². The second-order valence-corrected chi connectivity index (χ2v) is 14.2. The van der Waals surface area contributed by atoms with E-state index in [4.69, 9.17) is 9.16 Å². The quantitative estimate of drug-likeness (QED) is 0.354. The Kier molecular flexibility index (Phi) is 6.36. The fourth-order valence-electron chi connectivity index (χ4n) is 4.41. The van der Waals surface area contributed by atoms with Crippen LogP contribution >= 0.6 is 0 Å². The van der Waals surface area contributed by atoms with Crippen LogP contribution in [0.2, 0.25) is 5.04 Å². The third-order valence-corrected chi connectivity index (χ3v) is 11.5. The molecule has 4 heteroatoms. The number of hydrogen-bond donors (Lipinski definition) is 0. The predicted molar refractivity (Wildman–Crippen MR) is 132 cm³/mol. The number of benzene rings is 3. The van der Waals surface area contributed by atoms with Gasteiger partial charge in [0.15, 0.2) is 0 Å². The van der Waals surface area contributed by atoms with Gasteiger partial charge in [0, 0.05) is 12.0 Å². The molecule has 0 heterocycles. The summed E-state index contributed by atoms with van der Waals surface area (Å²) in [6.45, 7) is 7.86. The predicted octanol–water partition coefficient (Wildman–Crippen LogP) is 5.20. The highest BCUT2D eigenvalue weighted by atomic mass is 28.4. The van der Waals surface area contributed by atoms with E-state index in [9.17, 15) is 4.79 Å². The molecule has 32 heavy (non-hydrogen) atoms. The molecule has 3 aromatic rings. The zero-order valence-corrected chi connectivity index (χ0v) is 20.2. The maximum absolute atomic E-state index is 12.5. The SMILES string of the molecule is CC(C)(C)[Si](OCC1(COC(=O)c2ccccc2)CC1)(c1ccccc1)c1ccccc1. The summed E-state index contributed by atoms with van der Waals surface area (Å²) in [6.07, 6.45) is 2.04. The van der Waals surface area contributed by atoms with Gasteiger partial charge >= 0.3 is 5.97 Å². The van der Waals surface area contributed by atoms with Gasteiger partial charge in [0.1, 0.15) is 0 Å².